The van der Waals surface area contributed by atoms with Crippen molar-refractivity contribution in [3.8, 4) is 0 Å². The van der Waals surface area contributed by atoms with Crippen LogP contribution in [0.2, 0.25) is 10.2 Å². The highest BCUT2D eigenvalue weighted by molar-refractivity contribution is 7.09. The van der Waals surface area contributed by atoms with Gasteiger partial charge in [0.25, 0.3) is 5.91 Å². The SMILES string of the molecule is CC(=O)NC(C)NC(=O)c1snc(Cl)c1Cl. The van der Waals surface area contributed by atoms with Gasteiger partial charge in [-0.2, -0.15) is 4.37 Å². The van der Waals surface area contributed by atoms with Crippen molar-refractivity contribution in [2.24, 2.45) is 0 Å². The lowest BCUT2D eigenvalue weighted by molar-refractivity contribution is -0.119. The molecule has 5 nitrogen and oxygen atoms in total. The predicted octanol–water partition coefficient (Wildman–Crippen LogP) is 1.66. The van der Waals surface area contributed by atoms with Crippen LogP contribution in [0.1, 0.15) is 23.5 Å². The molecule has 0 bridgehead atoms. The molecule has 1 atom stereocenters. The molecule has 0 aliphatic carbocycles. The van der Waals surface area contributed by atoms with Crippen molar-refractivity contribution in [3.63, 3.8) is 0 Å². The second kappa shape index (κ2) is 5.47. The van der Waals surface area contributed by atoms with Crippen LogP contribution >= 0.6 is 34.7 Å². The fraction of sp³-hybridized carbons (Fsp3) is 0.375. The third-order valence-electron chi connectivity index (χ3n) is 1.57. The predicted molar refractivity (Wildman–Crippen MR) is 62.9 cm³/mol. The molecule has 0 radical (unpaired) electrons. The Kier molecular flexibility index (Phi) is 4.52. The van der Waals surface area contributed by atoms with Gasteiger partial charge in [-0.25, -0.2) is 0 Å². The maximum Gasteiger partial charge on any atom is 0.266 e. The Balaban J connectivity index is 2.66. The lowest BCUT2D eigenvalue weighted by Crippen LogP contribution is -2.44. The van der Waals surface area contributed by atoms with Gasteiger partial charge in [0.2, 0.25) is 5.91 Å². The van der Waals surface area contributed by atoms with Crippen molar-refractivity contribution in [3.05, 3.63) is 15.1 Å². The summed E-state index contributed by atoms with van der Waals surface area (Å²) in [6.45, 7) is 3.00. The number of rotatable bonds is 3. The van der Waals surface area contributed by atoms with Crippen molar-refractivity contribution >= 4 is 46.5 Å². The fourth-order valence-electron chi connectivity index (χ4n) is 1.00. The van der Waals surface area contributed by atoms with Gasteiger partial charge in [-0.3, -0.25) is 9.59 Å². The van der Waals surface area contributed by atoms with E-state index in [-0.39, 0.29) is 21.0 Å². The zero-order valence-corrected chi connectivity index (χ0v) is 10.8. The molecule has 1 unspecified atom stereocenters. The van der Waals surface area contributed by atoms with Gasteiger partial charge < -0.3 is 10.6 Å². The lowest BCUT2D eigenvalue weighted by Gasteiger charge is -2.13. The second-order valence-corrected chi connectivity index (χ2v) is 4.52. The molecule has 0 spiro atoms. The number of aromatic nitrogens is 1. The third kappa shape index (κ3) is 3.33. The minimum Gasteiger partial charge on any atom is -0.337 e. The number of hydrogen-bond acceptors (Lipinski definition) is 4. The Morgan fingerprint density at radius 3 is 2.44 bits per heavy atom. The van der Waals surface area contributed by atoms with Crippen molar-refractivity contribution in [2.45, 2.75) is 20.0 Å². The first-order valence-corrected chi connectivity index (χ1v) is 5.83. The van der Waals surface area contributed by atoms with Crippen LogP contribution in [0.3, 0.4) is 0 Å². The number of hydrogen-bond donors (Lipinski definition) is 2. The minimum absolute atomic E-state index is 0.101. The number of carbonyl (C=O) groups excluding carboxylic acids is 2. The summed E-state index contributed by atoms with van der Waals surface area (Å²) >= 11 is 12.3. The summed E-state index contributed by atoms with van der Waals surface area (Å²) in [5.74, 6) is -0.656. The molecule has 1 heterocycles. The molecule has 0 saturated heterocycles. The number of nitrogens with one attached hydrogen (secondary N) is 2. The molecule has 1 rings (SSSR count). The van der Waals surface area contributed by atoms with Crippen LogP contribution in [0.5, 0.6) is 0 Å². The molecule has 1 aromatic rings. The summed E-state index contributed by atoms with van der Waals surface area (Å²) in [6.07, 6.45) is -0.484. The highest BCUT2D eigenvalue weighted by Crippen LogP contribution is 2.28. The molecule has 0 aromatic carbocycles. The van der Waals surface area contributed by atoms with Crippen molar-refractivity contribution in [1.82, 2.24) is 15.0 Å². The van der Waals surface area contributed by atoms with Gasteiger partial charge in [0.1, 0.15) is 9.90 Å². The lowest BCUT2D eigenvalue weighted by atomic mass is 10.4. The fourth-order valence-corrected chi connectivity index (χ4v) is 2.12. The van der Waals surface area contributed by atoms with E-state index in [4.69, 9.17) is 23.2 Å². The summed E-state index contributed by atoms with van der Waals surface area (Å²) in [5, 5.41) is 5.27. The van der Waals surface area contributed by atoms with Gasteiger partial charge in [-0.15, -0.1) is 0 Å². The molecular formula is C8H9Cl2N3O2S. The standard InChI is InChI=1S/C8H9Cl2N3O2S/c1-3(11-4(2)14)12-8(15)6-5(9)7(10)13-16-6/h3H,1-2H3,(H,11,14)(H,12,15). The summed E-state index contributed by atoms with van der Waals surface area (Å²) in [5.41, 5.74) is 0. The van der Waals surface area contributed by atoms with E-state index in [2.05, 4.69) is 15.0 Å². The van der Waals surface area contributed by atoms with Gasteiger partial charge in [-0.1, -0.05) is 23.2 Å². The molecule has 1 aromatic heterocycles. The average Bonchev–Trinajstić information content (AvgIpc) is 2.45. The van der Waals surface area contributed by atoms with Crippen LogP contribution in [-0.2, 0) is 4.79 Å². The zero-order chi connectivity index (χ0) is 12.3. The average molecular weight is 282 g/mol. The molecular weight excluding hydrogens is 273 g/mol. The number of amides is 2. The van der Waals surface area contributed by atoms with Crippen molar-refractivity contribution < 1.29 is 9.59 Å². The Morgan fingerprint density at radius 1 is 1.38 bits per heavy atom. The van der Waals surface area contributed by atoms with Crippen LogP contribution in [0.4, 0.5) is 0 Å². The van der Waals surface area contributed by atoms with Gasteiger partial charge in [0.15, 0.2) is 5.15 Å². The first-order valence-electron chi connectivity index (χ1n) is 4.30. The van der Waals surface area contributed by atoms with E-state index in [0.29, 0.717) is 0 Å². The first-order chi connectivity index (χ1) is 7.41. The van der Waals surface area contributed by atoms with Crippen molar-refractivity contribution in [2.75, 3.05) is 0 Å². The molecule has 0 saturated carbocycles. The Hall–Kier alpha value is -0.850. The summed E-state index contributed by atoms with van der Waals surface area (Å²) in [7, 11) is 0. The molecule has 88 valence electrons. The van der Waals surface area contributed by atoms with Crippen LogP contribution < -0.4 is 10.6 Å². The first kappa shape index (κ1) is 13.2. The van der Waals surface area contributed by atoms with Crippen LogP contribution in [-0.4, -0.2) is 22.4 Å². The molecule has 0 aliphatic rings. The highest BCUT2D eigenvalue weighted by Gasteiger charge is 2.18. The minimum atomic E-state index is -0.484. The largest absolute Gasteiger partial charge is 0.337 e. The van der Waals surface area contributed by atoms with Gasteiger partial charge >= 0.3 is 0 Å². The summed E-state index contributed by atoms with van der Waals surface area (Å²) in [4.78, 5) is 22.6. The maximum absolute atomic E-state index is 11.6. The molecule has 2 amide bonds. The van der Waals surface area contributed by atoms with E-state index >= 15 is 0 Å². The maximum atomic E-state index is 11.6. The van der Waals surface area contributed by atoms with E-state index in [1.54, 1.807) is 6.92 Å². The number of nitrogens with zero attached hydrogens (tertiary/aromatic N) is 1. The quantitative estimate of drug-likeness (QED) is 0.828. The van der Waals surface area contributed by atoms with E-state index < -0.39 is 12.1 Å². The molecule has 0 aliphatic heterocycles. The smallest absolute Gasteiger partial charge is 0.266 e. The molecule has 16 heavy (non-hydrogen) atoms. The van der Waals surface area contributed by atoms with E-state index in [1.165, 1.54) is 6.92 Å². The van der Waals surface area contributed by atoms with Crippen molar-refractivity contribution in [1.29, 1.82) is 0 Å². The van der Waals surface area contributed by atoms with Crippen LogP contribution in [0.25, 0.3) is 0 Å². The normalized spacial score (nSPS) is 12.0. The third-order valence-corrected chi connectivity index (χ3v) is 3.37. The van der Waals surface area contributed by atoms with E-state index in [9.17, 15) is 9.59 Å². The number of halogens is 2. The summed E-state index contributed by atoms with van der Waals surface area (Å²) < 4.78 is 3.73. The van der Waals surface area contributed by atoms with Gasteiger partial charge in [0, 0.05) is 6.92 Å². The Bertz CT molecular complexity index is 421. The highest BCUT2D eigenvalue weighted by atomic mass is 35.5. The Morgan fingerprint density at radius 2 is 2.00 bits per heavy atom. The van der Waals surface area contributed by atoms with E-state index in [1.807, 2.05) is 0 Å². The summed E-state index contributed by atoms with van der Waals surface area (Å²) in [6, 6.07) is 0. The van der Waals surface area contributed by atoms with Gasteiger partial charge in [-0.05, 0) is 18.5 Å². The number of carbonyl (C=O) groups is 2. The zero-order valence-electron chi connectivity index (χ0n) is 8.51. The van der Waals surface area contributed by atoms with Crippen LogP contribution in [0, 0.1) is 0 Å². The topological polar surface area (TPSA) is 71.1 Å². The van der Waals surface area contributed by atoms with E-state index in [0.717, 1.165) is 11.5 Å². The molecule has 0 fully saturated rings. The molecule has 8 heteroatoms. The van der Waals surface area contributed by atoms with Crippen LogP contribution in [0.15, 0.2) is 0 Å². The monoisotopic (exact) mass is 281 g/mol. The molecule has 2 N–H and O–H groups in total. The Labute approximate surface area is 106 Å². The van der Waals surface area contributed by atoms with Gasteiger partial charge in [0.05, 0.1) is 6.17 Å². The second-order valence-electron chi connectivity index (χ2n) is 3.01.